The minimum absolute atomic E-state index is 0.246. The smallest absolute Gasteiger partial charge is 0.249 e. The average Bonchev–Trinajstić information content (AvgIpc) is 3.09. The molecule has 164 valence electrons. The molecule has 1 aliphatic carbocycles. The first-order chi connectivity index (χ1) is 15.0. The third kappa shape index (κ3) is 5.89. The summed E-state index contributed by atoms with van der Waals surface area (Å²) < 4.78 is 11.5. The van der Waals surface area contributed by atoms with E-state index in [0.29, 0.717) is 41.2 Å². The Morgan fingerprint density at radius 2 is 2.16 bits per heavy atom. The van der Waals surface area contributed by atoms with Crippen molar-refractivity contribution in [3.8, 4) is 17.6 Å². The van der Waals surface area contributed by atoms with Crippen molar-refractivity contribution in [2.24, 2.45) is 5.92 Å². The number of unbranched alkanes of at least 4 members (excludes halogenated alkanes) is 1. The van der Waals surface area contributed by atoms with Crippen LogP contribution in [0.4, 0.5) is 5.00 Å². The molecule has 1 aliphatic rings. The van der Waals surface area contributed by atoms with Crippen molar-refractivity contribution in [1.82, 2.24) is 0 Å². The van der Waals surface area contributed by atoms with E-state index in [0.717, 1.165) is 43.2 Å². The Morgan fingerprint density at radius 1 is 1.32 bits per heavy atom. The fourth-order valence-corrected chi connectivity index (χ4v) is 4.99. The Hall–Kier alpha value is -2.78. The van der Waals surface area contributed by atoms with E-state index >= 15 is 0 Å². The van der Waals surface area contributed by atoms with E-state index in [1.807, 2.05) is 25.1 Å². The number of benzene rings is 1. The van der Waals surface area contributed by atoms with Gasteiger partial charge in [0.15, 0.2) is 11.5 Å². The summed E-state index contributed by atoms with van der Waals surface area (Å²) in [5, 5.41) is 13.2. The zero-order valence-electron chi connectivity index (χ0n) is 18.5. The van der Waals surface area contributed by atoms with Crippen LogP contribution in [0.15, 0.2) is 24.3 Å². The first kappa shape index (κ1) is 22.9. The van der Waals surface area contributed by atoms with E-state index in [4.69, 9.17) is 9.47 Å². The number of anilines is 1. The number of carbonyl (C=O) groups excluding carboxylic acids is 1. The van der Waals surface area contributed by atoms with E-state index in [-0.39, 0.29) is 5.91 Å². The SMILES string of the molecule is CCCCOc1ccc(/C=C/C(=O)Nc2sc3c(c2C#N)CCC(C)C3)cc1OCC. The average molecular weight is 439 g/mol. The number of thiophene rings is 1. The molecule has 2 aromatic rings. The summed E-state index contributed by atoms with van der Waals surface area (Å²) in [5.74, 6) is 1.76. The number of hydrogen-bond acceptors (Lipinski definition) is 5. The highest BCUT2D eigenvalue weighted by Crippen LogP contribution is 2.39. The zero-order valence-corrected chi connectivity index (χ0v) is 19.3. The maximum atomic E-state index is 12.5. The normalized spacial score (nSPS) is 15.4. The number of hydrogen-bond donors (Lipinski definition) is 1. The molecule has 0 spiro atoms. The fraction of sp³-hybridized carbons (Fsp3) is 0.440. The molecule has 0 saturated heterocycles. The molecule has 3 rings (SSSR count). The number of carbonyl (C=O) groups is 1. The highest BCUT2D eigenvalue weighted by atomic mass is 32.1. The second-order valence-corrected chi connectivity index (χ2v) is 8.94. The fourth-order valence-electron chi connectivity index (χ4n) is 3.62. The number of nitrogens with one attached hydrogen (secondary N) is 1. The predicted octanol–water partition coefficient (Wildman–Crippen LogP) is 5.97. The first-order valence-electron chi connectivity index (χ1n) is 11.0. The van der Waals surface area contributed by atoms with Gasteiger partial charge < -0.3 is 14.8 Å². The third-order valence-corrected chi connectivity index (χ3v) is 6.48. The minimum atomic E-state index is -0.246. The van der Waals surface area contributed by atoms with Gasteiger partial charge in [0.2, 0.25) is 5.91 Å². The number of rotatable bonds is 9. The van der Waals surface area contributed by atoms with E-state index in [1.165, 1.54) is 22.3 Å². The number of amides is 1. The van der Waals surface area contributed by atoms with Gasteiger partial charge in [0.25, 0.3) is 0 Å². The number of fused-ring (bicyclic) bond motifs is 1. The van der Waals surface area contributed by atoms with Gasteiger partial charge >= 0.3 is 0 Å². The van der Waals surface area contributed by atoms with Crippen molar-refractivity contribution in [1.29, 1.82) is 5.26 Å². The first-order valence-corrected chi connectivity index (χ1v) is 11.8. The van der Waals surface area contributed by atoms with Gasteiger partial charge in [0, 0.05) is 11.0 Å². The molecule has 1 atom stereocenters. The van der Waals surface area contributed by atoms with Crippen LogP contribution in [-0.4, -0.2) is 19.1 Å². The molecule has 0 bridgehead atoms. The molecule has 5 nitrogen and oxygen atoms in total. The van der Waals surface area contributed by atoms with Gasteiger partial charge in [-0.25, -0.2) is 0 Å². The van der Waals surface area contributed by atoms with Crippen LogP contribution in [0.1, 0.15) is 61.6 Å². The van der Waals surface area contributed by atoms with Crippen LogP contribution in [0.5, 0.6) is 11.5 Å². The maximum absolute atomic E-state index is 12.5. The van der Waals surface area contributed by atoms with Crippen molar-refractivity contribution < 1.29 is 14.3 Å². The Labute approximate surface area is 188 Å². The van der Waals surface area contributed by atoms with Crippen LogP contribution in [0.25, 0.3) is 6.08 Å². The lowest BCUT2D eigenvalue weighted by Gasteiger charge is -2.17. The Bertz CT molecular complexity index is 987. The number of ether oxygens (including phenoxy) is 2. The van der Waals surface area contributed by atoms with E-state index in [1.54, 1.807) is 6.08 Å². The maximum Gasteiger partial charge on any atom is 0.249 e. The van der Waals surface area contributed by atoms with E-state index in [9.17, 15) is 10.1 Å². The summed E-state index contributed by atoms with van der Waals surface area (Å²) in [6.07, 6.45) is 8.27. The highest BCUT2D eigenvalue weighted by Gasteiger charge is 2.24. The number of nitriles is 1. The van der Waals surface area contributed by atoms with Crippen LogP contribution in [0.2, 0.25) is 0 Å². The van der Waals surface area contributed by atoms with Crippen LogP contribution in [0.3, 0.4) is 0 Å². The van der Waals surface area contributed by atoms with E-state index < -0.39 is 0 Å². The van der Waals surface area contributed by atoms with Crippen molar-refractivity contribution in [3.05, 3.63) is 45.8 Å². The zero-order chi connectivity index (χ0) is 22.2. The van der Waals surface area contributed by atoms with Gasteiger partial charge in [0.1, 0.15) is 11.1 Å². The van der Waals surface area contributed by atoms with Gasteiger partial charge in [0.05, 0.1) is 18.8 Å². The molecule has 1 heterocycles. The largest absolute Gasteiger partial charge is 0.490 e. The molecule has 31 heavy (non-hydrogen) atoms. The quantitative estimate of drug-likeness (QED) is 0.386. The van der Waals surface area contributed by atoms with Crippen molar-refractivity contribution in [3.63, 3.8) is 0 Å². The van der Waals surface area contributed by atoms with Gasteiger partial charge in [-0.05, 0) is 67.9 Å². The highest BCUT2D eigenvalue weighted by molar-refractivity contribution is 7.16. The van der Waals surface area contributed by atoms with Crippen LogP contribution in [0, 0.1) is 17.2 Å². The Balaban J connectivity index is 1.70. The standard InChI is InChI=1S/C25H30N2O3S/c1-4-6-13-30-21-11-8-18(15-22(21)29-5-2)9-12-24(28)27-25-20(16-26)19-10-7-17(3)14-23(19)31-25/h8-9,11-12,15,17H,4-7,10,13-14H2,1-3H3,(H,27,28)/b12-9+. The molecule has 1 unspecified atom stereocenters. The lowest BCUT2D eigenvalue weighted by atomic mass is 9.89. The van der Waals surface area contributed by atoms with Crippen molar-refractivity contribution in [2.45, 2.75) is 52.9 Å². The van der Waals surface area contributed by atoms with Gasteiger partial charge in [-0.2, -0.15) is 5.26 Å². The van der Waals surface area contributed by atoms with Gasteiger partial charge in [-0.3, -0.25) is 4.79 Å². The minimum Gasteiger partial charge on any atom is -0.490 e. The second-order valence-electron chi connectivity index (χ2n) is 7.83. The lowest BCUT2D eigenvalue weighted by Crippen LogP contribution is -2.10. The van der Waals surface area contributed by atoms with E-state index in [2.05, 4.69) is 25.2 Å². The molecular formula is C25H30N2O3S. The van der Waals surface area contributed by atoms with Crippen LogP contribution < -0.4 is 14.8 Å². The van der Waals surface area contributed by atoms with Gasteiger partial charge in [-0.1, -0.05) is 26.3 Å². The van der Waals surface area contributed by atoms with Gasteiger partial charge in [-0.15, -0.1) is 11.3 Å². The summed E-state index contributed by atoms with van der Waals surface area (Å²) in [6, 6.07) is 7.94. The molecule has 0 saturated carbocycles. The summed E-state index contributed by atoms with van der Waals surface area (Å²) in [6.45, 7) is 7.47. The summed E-state index contributed by atoms with van der Waals surface area (Å²) in [4.78, 5) is 13.8. The molecule has 1 aromatic heterocycles. The van der Waals surface area contributed by atoms with Crippen molar-refractivity contribution >= 4 is 28.3 Å². The molecular weight excluding hydrogens is 408 g/mol. The lowest BCUT2D eigenvalue weighted by molar-refractivity contribution is -0.111. The Kier molecular flexibility index (Phi) is 8.13. The van der Waals surface area contributed by atoms with Crippen LogP contribution >= 0.6 is 11.3 Å². The molecule has 1 aromatic carbocycles. The molecule has 0 aliphatic heterocycles. The second kappa shape index (κ2) is 11.0. The molecule has 0 fully saturated rings. The molecule has 1 amide bonds. The summed E-state index contributed by atoms with van der Waals surface area (Å²) in [7, 11) is 0. The predicted molar refractivity (Wildman–Crippen MR) is 126 cm³/mol. The molecule has 0 radical (unpaired) electrons. The Morgan fingerprint density at radius 3 is 2.90 bits per heavy atom. The van der Waals surface area contributed by atoms with Crippen LogP contribution in [-0.2, 0) is 17.6 Å². The number of nitrogens with zero attached hydrogens (tertiary/aromatic N) is 1. The topological polar surface area (TPSA) is 71.3 Å². The summed E-state index contributed by atoms with van der Waals surface area (Å²) in [5.41, 5.74) is 2.59. The molecule has 6 heteroatoms. The molecule has 1 N–H and O–H groups in total. The summed E-state index contributed by atoms with van der Waals surface area (Å²) >= 11 is 1.54. The van der Waals surface area contributed by atoms with Crippen molar-refractivity contribution in [2.75, 3.05) is 18.5 Å². The third-order valence-electron chi connectivity index (χ3n) is 5.31. The monoisotopic (exact) mass is 438 g/mol.